The smallest absolute Gasteiger partial charge is 0.134 e. The Bertz CT molecular complexity index is 393. The van der Waals surface area contributed by atoms with Gasteiger partial charge in [0.2, 0.25) is 0 Å². The van der Waals surface area contributed by atoms with Gasteiger partial charge in [0.15, 0.2) is 0 Å². The molecule has 100 valence electrons. The van der Waals surface area contributed by atoms with Gasteiger partial charge in [0.1, 0.15) is 11.6 Å². The van der Waals surface area contributed by atoms with Gasteiger partial charge >= 0.3 is 0 Å². The Labute approximate surface area is 110 Å². The number of aryl methyl sites for hydroxylation is 1. The van der Waals surface area contributed by atoms with E-state index >= 15 is 0 Å². The lowest BCUT2D eigenvalue weighted by molar-refractivity contribution is 0.254. The van der Waals surface area contributed by atoms with Crippen molar-refractivity contribution in [2.24, 2.45) is 11.8 Å². The lowest BCUT2D eigenvalue weighted by Crippen LogP contribution is -2.19. The molecule has 0 spiro atoms. The highest BCUT2D eigenvalue weighted by Gasteiger charge is 2.26. The molecule has 1 aromatic heterocycles. The molecule has 1 saturated carbocycles. The summed E-state index contributed by atoms with van der Waals surface area (Å²) in [6.45, 7) is 6.73. The fraction of sp³-hybridized carbons (Fsp3) is 0.733. The second-order valence-electron chi connectivity index (χ2n) is 5.86. The first-order valence-electron chi connectivity index (χ1n) is 7.13. The largest absolute Gasteiger partial charge is 0.373 e. The van der Waals surface area contributed by atoms with E-state index in [0.717, 1.165) is 29.2 Å². The molecule has 0 amide bonds. The van der Waals surface area contributed by atoms with Crippen LogP contribution < -0.4 is 5.32 Å². The molecular formula is C15H25N3. The summed E-state index contributed by atoms with van der Waals surface area (Å²) in [7, 11) is 1.92. The highest BCUT2D eigenvalue weighted by Crippen LogP contribution is 2.37. The Morgan fingerprint density at radius 3 is 2.39 bits per heavy atom. The van der Waals surface area contributed by atoms with Crippen LogP contribution in [0.2, 0.25) is 0 Å². The maximum absolute atomic E-state index is 4.62. The molecule has 1 N–H and O–H groups in total. The van der Waals surface area contributed by atoms with Crippen LogP contribution in [0, 0.1) is 18.8 Å². The lowest BCUT2D eigenvalue weighted by Gasteiger charge is -2.30. The molecule has 3 heteroatoms. The van der Waals surface area contributed by atoms with E-state index in [-0.39, 0.29) is 0 Å². The lowest BCUT2D eigenvalue weighted by atomic mass is 9.77. The van der Waals surface area contributed by atoms with Crippen LogP contribution in [0.1, 0.15) is 57.0 Å². The Morgan fingerprint density at radius 2 is 1.83 bits per heavy atom. The first-order chi connectivity index (χ1) is 8.60. The molecule has 3 nitrogen and oxygen atoms in total. The van der Waals surface area contributed by atoms with Crippen LogP contribution in [0.15, 0.2) is 6.07 Å². The SMILES string of the molecule is CNc1cc(C)nc(C2CCC(C(C)C)CC2)n1. The van der Waals surface area contributed by atoms with Crippen molar-refractivity contribution in [3.63, 3.8) is 0 Å². The molecule has 1 aliphatic rings. The summed E-state index contributed by atoms with van der Waals surface area (Å²) in [4.78, 5) is 9.25. The number of nitrogens with zero attached hydrogens (tertiary/aromatic N) is 2. The van der Waals surface area contributed by atoms with Crippen molar-refractivity contribution in [2.75, 3.05) is 12.4 Å². The topological polar surface area (TPSA) is 37.8 Å². The van der Waals surface area contributed by atoms with Crippen molar-refractivity contribution in [1.82, 2.24) is 9.97 Å². The highest BCUT2D eigenvalue weighted by molar-refractivity contribution is 5.35. The molecule has 0 unspecified atom stereocenters. The van der Waals surface area contributed by atoms with Gasteiger partial charge in [-0.25, -0.2) is 9.97 Å². The van der Waals surface area contributed by atoms with Crippen molar-refractivity contribution in [3.05, 3.63) is 17.6 Å². The van der Waals surface area contributed by atoms with Gasteiger partial charge in [-0.3, -0.25) is 0 Å². The predicted molar refractivity (Wildman–Crippen MR) is 75.9 cm³/mol. The van der Waals surface area contributed by atoms with Crippen molar-refractivity contribution in [3.8, 4) is 0 Å². The highest BCUT2D eigenvalue weighted by atomic mass is 15.0. The summed E-state index contributed by atoms with van der Waals surface area (Å²) in [5, 5.41) is 3.12. The van der Waals surface area contributed by atoms with E-state index in [0.29, 0.717) is 5.92 Å². The molecule has 0 atom stereocenters. The third-order valence-electron chi connectivity index (χ3n) is 4.21. The molecule has 1 heterocycles. The first kappa shape index (κ1) is 13.3. The monoisotopic (exact) mass is 247 g/mol. The fourth-order valence-electron chi connectivity index (χ4n) is 2.95. The van der Waals surface area contributed by atoms with Gasteiger partial charge in [0.25, 0.3) is 0 Å². The maximum Gasteiger partial charge on any atom is 0.134 e. The number of aromatic nitrogens is 2. The molecule has 2 rings (SSSR count). The van der Waals surface area contributed by atoms with Gasteiger partial charge in [-0.05, 0) is 44.4 Å². The molecule has 0 aromatic carbocycles. The van der Waals surface area contributed by atoms with Crippen LogP contribution in [-0.4, -0.2) is 17.0 Å². The van der Waals surface area contributed by atoms with Crippen molar-refractivity contribution in [1.29, 1.82) is 0 Å². The summed E-state index contributed by atoms with van der Waals surface area (Å²) in [6, 6.07) is 2.00. The zero-order chi connectivity index (χ0) is 13.1. The van der Waals surface area contributed by atoms with Crippen molar-refractivity contribution in [2.45, 2.75) is 52.4 Å². The molecule has 1 aliphatic carbocycles. The Morgan fingerprint density at radius 1 is 1.17 bits per heavy atom. The fourth-order valence-corrected chi connectivity index (χ4v) is 2.95. The van der Waals surface area contributed by atoms with E-state index in [1.807, 2.05) is 20.0 Å². The molecule has 0 bridgehead atoms. The average molecular weight is 247 g/mol. The summed E-state index contributed by atoms with van der Waals surface area (Å²) in [5.41, 5.74) is 1.07. The number of rotatable bonds is 3. The van der Waals surface area contributed by atoms with E-state index in [1.165, 1.54) is 25.7 Å². The zero-order valence-electron chi connectivity index (χ0n) is 12.0. The molecule has 1 aromatic rings. The second-order valence-corrected chi connectivity index (χ2v) is 5.86. The molecular weight excluding hydrogens is 222 g/mol. The van der Waals surface area contributed by atoms with Crippen molar-refractivity contribution < 1.29 is 0 Å². The normalized spacial score (nSPS) is 24.3. The standard InChI is InChI=1S/C15H25N3/c1-10(2)12-5-7-13(8-6-12)15-17-11(3)9-14(16-4)18-15/h9-10,12-13H,5-8H2,1-4H3,(H,16,17,18). The summed E-state index contributed by atoms with van der Waals surface area (Å²) in [5.74, 6) is 4.27. The minimum atomic E-state index is 0.562. The average Bonchev–Trinajstić information content (AvgIpc) is 2.38. The first-order valence-corrected chi connectivity index (χ1v) is 7.13. The van der Waals surface area contributed by atoms with Crippen LogP contribution >= 0.6 is 0 Å². The van der Waals surface area contributed by atoms with Crippen LogP contribution in [-0.2, 0) is 0 Å². The van der Waals surface area contributed by atoms with E-state index in [9.17, 15) is 0 Å². The third kappa shape index (κ3) is 3.01. The van der Waals surface area contributed by atoms with Crippen LogP contribution in [0.3, 0.4) is 0 Å². The summed E-state index contributed by atoms with van der Waals surface area (Å²) in [6.07, 6.45) is 5.15. The molecule has 18 heavy (non-hydrogen) atoms. The van der Waals surface area contributed by atoms with Gasteiger partial charge in [-0.2, -0.15) is 0 Å². The molecule has 0 saturated heterocycles. The Hall–Kier alpha value is -1.12. The number of hydrogen-bond acceptors (Lipinski definition) is 3. The number of anilines is 1. The summed E-state index contributed by atoms with van der Waals surface area (Å²) >= 11 is 0. The maximum atomic E-state index is 4.62. The van der Waals surface area contributed by atoms with Crippen LogP contribution in [0.25, 0.3) is 0 Å². The van der Waals surface area contributed by atoms with Gasteiger partial charge in [-0.15, -0.1) is 0 Å². The van der Waals surface area contributed by atoms with E-state index < -0.39 is 0 Å². The van der Waals surface area contributed by atoms with Gasteiger partial charge < -0.3 is 5.32 Å². The minimum absolute atomic E-state index is 0.562. The predicted octanol–water partition coefficient (Wildman–Crippen LogP) is 3.76. The van der Waals surface area contributed by atoms with E-state index in [4.69, 9.17) is 0 Å². The molecule has 1 fully saturated rings. The zero-order valence-corrected chi connectivity index (χ0v) is 12.0. The Kier molecular flexibility index (Phi) is 4.20. The minimum Gasteiger partial charge on any atom is -0.373 e. The van der Waals surface area contributed by atoms with Gasteiger partial charge in [0.05, 0.1) is 0 Å². The van der Waals surface area contributed by atoms with Gasteiger partial charge in [0, 0.05) is 24.7 Å². The number of nitrogens with one attached hydrogen (secondary N) is 1. The van der Waals surface area contributed by atoms with Gasteiger partial charge in [-0.1, -0.05) is 13.8 Å². The van der Waals surface area contributed by atoms with E-state index in [1.54, 1.807) is 0 Å². The summed E-state index contributed by atoms with van der Waals surface area (Å²) < 4.78 is 0. The van der Waals surface area contributed by atoms with Crippen molar-refractivity contribution >= 4 is 5.82 Å². The number of hydrogen-bond donors (Lipinski definition) is 1. The van der Waals surface area contributed by atoms with Crippen LogP contribution in [0.4, 0.5) is 5.82 Å². The molecule has 0 radical (unpaired) electrons. The van der Waals surface area contributed by atoms with Crippen LogP contribution in [0.5, 0.6) is 0 Å². The molecule has 0 aliphatic heterocycles. The second kappa shape index (κ2) is 5.68. The third-order valence-corrected chi connectivity index (χ3v) is 4.21. The quantitative estimate of drug-likeness (QED) is 0.883. The van der Waals surface area contributed by atoms with E-state index in [2.05, 4.69) is 29.1 Å². The Balaban J connectivity index is 2.07.